The van der Waals surface area contributed by atoms with Crippen LogP contribution in [0.25, 0.3) is 21.5 Å². The fourth-order valence-electron chi connectivity index (χ4n) is 3.00. The minimum absolute atomic E-state index is 0.140. The predicted molar refractivity (Wildman–Crippen MR) is 98.4 cm³/mol. The van der Waals surface area contributed by atoms with Crippen LogP contribution in [0.4, 0.5) is 5.69 Å². The molecular formula is C19H16N2OS. The monoisotopic (exact) mass is 320 g/mol. The standard InChI is InChI=1S/C19H16N2OS/c1-2-21-17(22)12-23-19(21)20-18-15-9-5-3-7-13(15)11-14-8-4-6-10-16(14)18/h3-11H,2,12H2,1H3. The zero-order valence-electron chi connectivity index (χ0n) is 12.8. The third-order valence-electron chi connectivity index (χ3n) is 4.12. The van der Waals surface area contributed by atoms with Crippen molar-refractivity contribution in [1.82, 2.24) is 4.90 Å². The van der Waals surface area contributed by atoms with E-state index in [2.05, 4.69) is 30.3 Å². The number of carbonyl (C=O) groups is 1. The van der Waals surface area contributed by atoms with E-state index in [-0.39, 0.29) is 5.91 Å². The number of aliphatic imine (C=N–C) groups is 1. The SMILES string of the molecule is CCN1C(=O)CSC1=Nc1c2ccccc2cc2ccccc12. The predicted octanol–water partition coefficient (Wildman–Crippen LogP) is 4.58. The molecule has 4 rings (SSSR count). The molecule has 3 nitrogen and oxygen atoms in total. The highest BCUT2D eigenvalue weighted by atomic mass is 32.2. The van der Waals surface area contributed by atoms with Crippen molar-refractivity contribution in [3.05, 3.63) is 54.6 Å². The molecule has 4 heteroatoms. The second-order valence-corrected chi connectivity index (χ2v) is 6.43. The molecule has 0 spiro atoms. The summed E-state index contributed by atoms with van der Waals surface area (Å²) in [5.74, 6) is 0.621. The second-order valence-electron chi connectivity index (χ2n) is 5.49. The van der Waals surface area contributed by atoms with Gasteiger partial charge in [0.1, 0.15) is 0 Å². The van der Waals surface area contributed by atoms with Gasteiger partial charge in [0.2, 0.25) is 5.91 Å². The van der Waals surface area contributed by atoms with Crippen LogP contribution in [0.1, 0.15) is 6.92 Å². The Morgan fingerprint density at radius 2 is 1.65 bits per heavy atom. The third-order valence-corrected chi connectivity index (χ3v) is 5.08. The Bertz CT molecular complexity index is 894. The zero-order chi connectivity index (χ0) is 15.8. The first-order valence-electron chi connectivity index (χ1n) is 7.70. The molecule has 0 bridgehead atoms. The number of thioether (sulfide) groups is 1. The molecule has 1 saturated heterocycles. The van der Waals surface area contributed by atoms with Gasteiger partial charge in [-0.25, -0.2) is 4.99 Å². The van der Waals surface area contributed by atoms with E-state index in [0.717, 1.165) is 21.6 Å². The van der Waals surface area contributed by atoms with E-state index in [9.17, 15) is 4.79 Å². The summed E-state index contributed by atoms with van der Waals surface area (Å²) in [4.78, 5) is 18.6. The van der Waals surface area contributed by atoms with E-state index in [1.165, 1.54) is 22.5 Å². The topological polar surface area (TPSA) is 32.7 Å². The fourth-order valence-corrected chi connectivity index (χ4v) is 3.95. The number of amidine groups is 1. The Labute approximate surface area is 139 Å². The van der Waals surface area contributed by atoms with Gasteiger partial charge in [0.25, 0.3) is 0 Å². The summed E-state index contributed by atoms with van der Waals surface area (Å²) in [5, 5.41) is 5.38. The number of carbonyl (C=O) groups excluding carboxylic acids is 1. The van der Waals surface area contributed by atoms with E-state index in [1.54, 1.807) is 4.90 Å². The van der Waals surface area contributed by atoms with Gasteiger partial charge in [0, 0.05) is 17.3 Å². The Balaban J connectivity index is 2.02. The van der Waals surface area contributed by atoms with E-state index in [0.29, 0.717) is 12.3 Å². The lowest BCUT2D eigenvalue weighted by atomic mass is 10.0. The molecule has 1 fully saturated rings. The van der Waals surface area contributed by atoms with Gasteiger partial charge in [-0.05, 0) is 23.8 Å². The summed E-state index contributed by atoms with van der Waals surface area (Å²) in [7, 11) is 0. The third kappa shape index (κ3) is 2.39. The highest BCUT2D eigenvalue weighted by molar-refractivity contribution is 8.15. The molecule has 0 unspecified atom stereocenters. The van der Waals surface area contributed by atoms with Crippen LogP contribution in [0, 0.1) is 0 Å². The van der Waals surface area contributed by atoms with E-state index in [1.807, 2.05) is 31.2 Å². The van der Waals surface area contributed by atoms with Crippen molar-refractivity contribution in [2.75, 3.05) is 12.3 Å². The smallest absolute Gasteiger partial charge is 0.239 e. The van der Waals surface area contributed by atoms with E-state index < -0.39 is 0 Å². The minimum Gasteiger partial charge on any atom is -0.291 e. The van der Waals surface area contributed by atoms with Crippen LogP contribution < -0.4 is 0 Å². The molecule has 0 saturated carbocycles. The van der Waals surface area contributed by atoms with Crippen molar-refractivity contribution in [2.24, 2.45) is 4.99 Å². The highest BCUT2D eigenvalue weighted by Gasteiger charge is 2.26. The van der Waals surface area contributed by atoms with Crippen LogP contribution in [0.3, 0.4) is 0 Å². The van der Waals surface area contributed by atoms with Crippen LogP contribution >= 0.6 is 11.8 Å². The van der Waals surface area contributed by atoms with Gasteiger partial charge in [-0.15, -0.1) is 0 Å². The molecule has 1 aliphatic heterocycles. The molecule has 23 heavy (non-hydrogen) atoms. The van der Waals surface area contributed by atoms with Crippen LogP contribution in [0.2, 0.25) is 0 Å². The molecule has 1 amide bonds. The molecule has 0 atom stereocenters. The molecule has 1 heterocycles. The normalized spacial score (nSPS) is 16.8. The maximum atomic E-state index is 12.0. The van der Waals surface area contributed by atoms with Crippen molar-refractivity contribution >= 4 is 50.1 Å². The highest BCUT2D eigenvalue weighted by Crippen LogP contribution is 2.36. The van der Waals surface area contributed by atoms with Crippen LogP contribution in [-0.2, 0) is 4.79 Å². The van der Waals surface area contributed by atoms with Gasteiger partial charge in [-0.1, -0.05) is 60.3 Å². The quantitative estimate of drug-likeness (QED) is 0.648. The number of rotatable bonds is 2. The number of fused-ring (bicyclic) bond motifs is 2. The van der Waals surface area contributed by atoms with E-state index >= 15 is 0 Å². The van der Waals surface area contributed by atoms with Crippen LogP contribution in [-0.4, -0.2) is 28.3 Å². The Hall–Kier alpha value is -2.33. The number of amides is 1. The lowest BCUT2D eigenvalue weighted by molar-refractivity contribution is -0.123. The second kappa shape index (κ2) is 5.70. The number of hydrogen-bond acceptors (Lipinski definition) is 3. The van der Waals surface area contributed by atoms with Crippen molar-refractivity contribution in [1.29, 1.82) is 0 Å². The maximum Gasteiger partial charge on any atom is 0.239 e. The Morgan fingerprint density at radius 3 is 2.26 bits per heavy atom. The molecule has 0 aliphatic carbocycles. The molecule has 3 aromatic rings. The largest absolute Gasteiger partial charge is 0.291 e. The Morgan fingerprint density at radius 1 is 1.04 bits per heavy atom. The maximum absolute atomic E-state index is 12.0. The molecule has 3 aromatic carbocycles. The molecule has 1 aliphatic rings. The summed E-state index contributed by atoms with van der Waals surface area (Å²) in [6.45, 7) is 2.65. The molecule has 114 valence electrons. The van der Waals surface area contributed by atoms with Gasteiger partial charge >= 0.3 is 0 Å². The van der Waals surface area contributed by atoms with Crippen LogP contribution in [0.5, 0.6) is 0 Å². The zero-order valence-corrected chi connectivity index (χ0v) is 13.6. The number of nitrogens with zero attached hydrogens (tertiary/aromatic N) is 2. The fraction of sp³-hybridized carbons (Fsp3) is 0.158. The van der Waals surface area contributed by atoms with Crippen molar-refractivity contribution < 1.29 is 4.79 Å². The number of benzene rings is 3. The molecular weight excluding hydrogens is 304 g/mol. The van der Waals surface area contributed by atoms with E-state index in [4.69, 9.17) is 4.99 Å². The van der Waals surface area contributed by atoms with Gasteiger partial charge < -0.3 is 0 Å². The van der Waals surface area contributed by atoms with Crippen LogP contribution in [0.15, 0.2) is 59.6 Å². The van der Waals surface area contributed by atoms with Crippen molar-refractivity contribution in [2.45, 2.75) is 6.92 Å². The van der Waals surface area contributed by atoms with Gasteiger partial charge in [0.05, 0.1) is 11.4 Å². The minimum atomic E-state index is 0.140. The lowest BCUT2D eigenvalue weighted by Crippen LogP contribution is -2.28. The van der Waals surface area contributed by atoms with Gasteiger partial charge in [-0.2, -0.15) is 0 Å². The summed E-state index contributed by atoms with van der Waals surface area (Å²) < 4.78 is 0. The first-order chi connectivity index (χ1) is 11.3. The average molecular weight is 320 g/mol. The average Bonchev–Trinajstić information content (AvgIpc) is 2.94. The lowest BCUT2D eigenvalue weighted by Gasteiger charge is -2.14. The Kier molecular flexibility index (Phi) is 3.54. The summed E-state index contributed by atoms with van der Waals surface area (Å²) in [5.41, 5.74) is 0.953. The summed E-state index contributed by atoms with van der Waals surface area (Å²) in [6.07, 6.45) is 0. The molecule has 0 N–H and O–H groups in total. The van der Waals surface area contributed by atoms with Crippen molar-refractivity contribution in [3.63, 3.8) is 0 Å². The molecule has 0 radical (unpaired) electrons. The first kappa shape index (κ1) is 14.3. The summed E-state index contributed by atoms with van der Waals surface area (Å²) >= 11 is 1.52. The van der Waals surface area contributed by atoms with Gasteiger partial charge in [0.15, 0.2) is 5.17 Å². The molecule has 0 aromatic heterocycles. The number of hydrogen-bond donors (Lipinski definition) is 0. The first-order valence-corrected chi connectivity index (χ1v) is 8.69. The summed E-state index contributed by atoms with van der Waals surface area (Å²) in [6, 6.07) is 18.7. The van der Waals surface area contributed by atoms with Gasteiger partial charge in [-0.3, -0.25) is 9.69 Å². The van der Waals surface area contributed by atoms with Crippen molar-refractivity contribution in [3.8, 4) is 0 Å².